The van der Waals surface area contributed by atoms with Gasteiger partial charge in [0.15, 0.2) is 9.84 Å². The maximum Gasteiger partial charge on any atom is 0.182 e. The molecule has 1 unspecified atom stereocenters. The second-order valence-corrected chi connectivity index (χ2v) is 5.85. The van der Waals surface area contributed by atoms with Crippen molar-refractivity contribution in [1.82, 2.24) is 0 Å². The fourth-order valence-corrected chi connectivity index (χ4v) is 3.03. The predicted octanol–water partition coefficient (Wildman–Crippen LogP) is 1.51. The summed E-state index contributed by atoms with van der Waals surface area (Å²) in [4.78, 5) is 0.366. The zero-order valence-electron chi connectivity index (χ0n) is 9.10. The number of benzene rings is 1. The first-order valence-electron chi connectivity index (χ1n) is 5.03. The normalized spacial score (nSPS) is 13.8. The zero-order chi connectivity index (χ0) is 11.5. The summed E-state index contributed by atoms with van der Waals surface area (Å²) in [5.41, 5.74) is 6.51. The number of sulfone groups is 1. The molecule has 0 aliphatic rings. The largest absolute Gasteiger partial charge is 0.329 e. The Kier molecular flexibility index (Phi) is 3.88. The summed E-state index contributed by atoms with van der Waals surface area (Å²) in [5.74, 6) is 0. The van der Waals surface area contributed by atoms with Gasteiger partial charge in [-0.3, -0.25) is 0 Å². The summed E-state index contributed by atoms with van der Waals surface area (Å²) in [6, 6.07) is 6.89. The van der Waals surface area contributed by atoms with E-state index in [1.54, 1.807) is 24.3 Å². The lowest BCUT2D eigenvalue weighted by atomic mass is 10.2. The molecule has 0 saturated carbocycles. The minimum atomic E-state index is -3.24. The van der Waals surface area contributed by atoms with E-state index in [-0.39, 0.29) is 6.54 Å². The molecule has 0 spiro atoms. The molecule has 0 aliphatic heterocycles. The lowest BCUT2D eigenvalue weighted by molar-refractivity contribution is 0.576. The van der Waals surface area contributed by atoms with Gasteiger partial charge in [-0.05, 0) is 25.5 Å². The molecule has 0 radical (unpaired) electrons. The fraction of sp³-hybridized carbons (Fsp3) is 0.455. The zero-order valence-corrected chi connectivity index (χ0v) is 9.92. The van der Waals surface area contributed by atoms with E-state index in [9.17, 15) is 8.42 Å². The van der Waals surface area contributed by atoms with Crippen LogP contribution in [0, 0.1) is 6.92 Å². The summed E-state index contributed by atoms with van der Waals surface area (Å²) < 4.78 is 24.1. The Labute approximate surface area is 91.2 Å². The van der Waals surface area contributed by atoms with Crippen LogP contribution in [0.3, 0.4) is 0 Å². The Morgan fingerprint density at radius 1 is 1.27 bits per heavy atom. The fourth-order valence-electron chi connectivity index (χ4n) is 1.43. The van der Waals surface area contributed by atoms with E-state index in [1.165, 1.54) is 0 Å². The van der Waals surface area contributed by atoms with Crippen molar-refractivity contribution in [3.63, 3.8) is 0 Å². The summed E-state index contributed by atoms with van der Waals surface area (Å²) in [7, 11) is -3.24. The minimum Gasteiger partial charge on any atom is -0.329 e. The monoisotopic (exact) mass is 227 g/mol. The lowest BCUT2D eigenvalue weighted by Gasteiger charge is -2.13. The maximum absolute atomic E-state index is 12.0. The summed E-state index contributed by atoms with van der Waals surface area (Å²) in [6.07, 6.45) is 0.548. The van der Waals surface area contributed by atoms with Crippen molar-refractivity contribution in [1.29, 1.82) is 0 Å². The quantitative estimate of drug-likeness (QED) is 0.848. The molecule has 0 bridgehead atoms. The highest BCUT2D eigenvalue weighted by Crippen LogP contribution is 2.18. The third-order valence-electron chi connectivity index (χ3n) is 2.51. The van der Waals surface area contributed by atoms with Crippen LogP contribution in [0.15, 0.2) is 29.2 Å². The Balaban J connectivity index is 3.11. The Morgan fingerprint density at radius 2 is 1.80 bits per heavy atom. The van der Waals surface area contributed by atoms with E-state index in [0.717, 1.165) is 5.56 Å². The number of aryl methyl sites for hydroxylation is 1. The first-order chi connectivity index (χ1) is 7.02. The van der Waals surface area contributed by atoms with E-state index >= 15 is 0 Å². The van der Waals surface area contributed by atoms with Gasteiger partial charge < -0.3 is 5.73 Å². The average molecular weight is 227 g/mol. The molecule has 0 heterocycles. The lowest BCUT2D eigenvalue weighted by Crippen LogP contribution is -2.29. The van der Waals surface area contributed by atoms with E-state index in [0.29, 0.717) is 11.3 Å². The van der Waals surface area contributed by atoms with Crippen LogP contribution in [0.5, 0.6) is 0 Å². The molecular weight excluding hydrogens is 210 g/mol. The van der Waals surface area contributed by atoms with Gasteiger partial charge in [0.1, 0.15) is 0 Å². The van der Waals surface area contributed by atoms with Crippen molar-refractivity contribution in [3.8, 4) is 0 Å². The second-order valence-electron chi connectivity index (χ2n) is 3.62. The molecule has 84 valence electrons. The number of nitrogens with two attached hydrogens (primary N) is 1. The molecule has 0 aliphatic carbocycles. The Bertz CT molecular complexity index is 405. The van der Waals surface area contributed by atoms with Gasteiger partial charge in [-0.2, -0.15) is 0 Å². The molecule has 0 saturated heterocycles. The molecule has 0 aromatic heterocycles. The molecule has 1 aromatic rings. The first-order valence-corrected chi connectivity index (χ1v) is 6.57. The Hall–Kier alpha value is -0.870. The molecular formula is C11H17NO2S. The third kappa shape index (κ3) is 2.58. The molecule has 1 aromatic carbocycles. The third-order valence-corrected chi connectivity index (χ3v) is 4.84. The van der Waals surface area contributed by atoms with Crippen molar-refractivity contribution in [2.45, 2.75) is 30.4 Å². The van der Waals surface area contributed by atoms with Gasteiger partial charge in [-0.15, -0.1) is 0 Å². The number of rotatable bonds is 4. The summed E-state index contributed by atoms with van der Waals surface area (Å²) in [5, 5.41) is -0.472. The van der Waals surface area contributed by atoms with E-state index in [2.05, 4.69) is 0 Å². The summed E-state index contributed by atoms with van der Waals surface area (Å²) >= 11 is 0. The van der Waals surface area contributed by atoms with Crippen LogP contribution in [-0.2, 0) is 9.84 Å². The molecule has 0 fully saturated rings. The van der Waals surface area contributed by atoms with Crippen LogP contribution in [0.1, 0.15) is 18.9 Å². The smallest absolute Gasteiger partial charge is 0.182 e. The van der Waals surface area contributed by atoms with Crippen LogP contribution in [0.4, 0.5) is 0 Å². The Morgan fingerprint density at radius 3 is 2.20 bits per heavy atom. The van der Waals surface area contributed by atoms with Gasteiger partial charge in [-0.1, -0.05) is 24.6 Å². The van der Waals surface area contributed by atoms with Gasteiger partial charge in [0.25, 0.3) is 0 Å². The minimum absolute atomic E-state index is 0.173. The SMILES string of the molecule is CCC(CN)S(=O)(=O)c1ccc(C)cc1. The van der Waals surface area contributed by atoms with Crippen molar-refractivity contribution in [2.75, 3.05) is 6.54 Å². The van der Waals surface area contributed by atoms with Crippen LogP contribution < -0.4 is 5.73 Å². The maximum atomic E-state index is 12.0. The molecule has 1 rings (SSSR count). The highest BCUT2D eigenvalue weighted by molar-refractivity contribution is 7.92. The molecule has 2 N–H and O–H groups in total. The standard InChI is InChI=1S/C11H17NO2S/c1-3-10(8-12)15(13,14)11-6-4-9(2)5-7-11/h4-7,10H,3,8,12H2,1-2H3. The summed E-state index contributed by atoms with van der Waals surface area (Å²) in [6.45, 7) is 3.94. The number of hydrogen-bond donors (Lipinski definition) is 1. The highest BCUT2D eigenvalue weighted by atomic mass is 32.2. The van der Waals surface area contributed by atoms with Gasteiger partial charge >= 0.3 is 0 Å². The van der Waals surface area contributed by atoms with E-state index in [1.807, 2.05) is 13.8 Å². The van der Waals surface area contributed by atoms with E-state index in [4.69, 9.17) is 5.73 Å². The van der Waals surface area contributed by atoms with Crippen LogP contribution >= 0.6 is 0 Å². The highest BCUT2D eigenvalue weighted by Gasteiger charge is 2.24. The number of hydrogen-bond acceptors (Lipinski definition) is 3. The average Bonchev–Trinajstić information content (AvgIpc) is 2.19. The van der Waals surface area contributed by atoms with Gasteiger partial charge in [-0.25, -0.2) is 8.42 Å². The molecule has 1 atom stereocenters. The molecule has 3 nitrogen and oxygen atoms in total. The van der Waals surface area contributed by atoms with E-state index < -0.39 is 15.1 Å². The van der Waals surface area contributed by atoms with Crippen molar-refractivity contribution >= 4 is 9.84 Å². The predicted molar refractivity (Wildman–Crippen MR) is 61.5 cm³/mol. The van der Waals surface area contributed by atoms with Crippen molar-refractivity contribution < 1.29 is 8.42 Å². The van der Waals surface area contributed by atoms with Gasteiger partial charge in [0.05, 0.1) is 10.1 Å². The first kappa shape index (κ1) is 12.2. The molecule has 4 heteroatoms. The van der Waals surface area contributed by atoms with Crippen molar-refractivity contribution in [3.05, 3.63) is 29.8 Å². The van der Waals surface area contributed by atoms with Gasteiger partial charge in [0.2, 0.25) is 0 Å². The van der Waals surface area contributed by atoms with Crippen LogP contribution in [-0.4, -0.2) is 20.2 Å². The van der Waals surface area contributed by atoms with Crippen LogP contribution in [0.2, 0.25) is 0 Å². The van der Waals surface area contributed by atoms with Crippen molar-refractivity contribution in [2.24, 2.45) is 5.73 Å². The topological polar surface area (TPSA) is 60.2 Å². The molecule has 15 heavy (non-hydrogen) atoms. The second kappa shape index (κ2) is 4.77. The van der Waals surface area contributed by atoms with Crippen LogP contribution in [0.25, 0.3) is 0 Å². The van der Waals surface area contributed by atoms with Gasteiger partial charge in [0, 0.05) is 6.54 Å². The molecule has 0 amide bonds.